The van der Waals surface area contributed by atoms with Crippen LogP contribution in [0.15, 0.2) is 0 Å². The van der Waals surface area contributed by atoms with Crippen LogP contribution in [0.25, 0.3) is 0 Å². The molecular formula is C4H8O3. The van der Waals surface area contributed by atoms with Gasteiger partial charge in [-0.3, -0.25) is 0 Å². The Morgan fingerprint density at radius 2 is 2.29 bits per heavy atom. The van der Waals surface area contributed by atoms with Gasteiger partial charge in [-0.05, 0) is 0 Å². The molecule has 0 aliphatic carbocycles. The molecule has 0 unspecified atom stereocenters. The highest BCUT2D eigenvalue weighted by Crippen LogP contribution is 1.81. The highest BCUT2D eigenvalue weighted by atomic mass is 16.3. The van der Waals surface area contributed by atoms with E-state index in [9.17, 15) is 4.79 Å². The third-order valence-corrected chi connectivity index (χ3v) is 0.582. The second-order valence-electron chi connectivity index (χ2n) is 1.22. The zero-order valence-corrected chi connectivity index (χ0v) is 3.87. The normalized spacial score (nSPS) is 13.4. The molecule has 1 atom stereocenters. The second kappa shape index (κ2) is 3.77. The first-order valence-corrected chi connectivity index (χ1v) is 2.05. The predicted molar refractivity (Wildman–Crippen MR) is 23.8 cm³/mol. The minimum atomic E-state index is -0.981. The fraction of sp³-hybridized carbons (Fsp3) is 0.750. The molecule has 0 aliphatic rings. The minimum absolute atomic E-state index is 0.139. The van der Waals surface area contributed by atoms with Crippen LogP contribution < -0.4 is 0 Å². The molecule has 7 heavy (non-hydrogen) atoms. The monoisotopic (exact) mass is 104 g/mol. The third-order valence-electron chi connectivity index (χ3n) is 0.582. The number of aliphatic hydroxyl groups excluding tert-OH is 2. The molecule has 0 heterocycles. The van der Waals surface area contributed by atoms with E-state index in [1.54, 1.807) is 0 Å². The SMILES string of the molecule is O=C[C@H](O)CCO. The summed E-state index contributed by atoms with van der Waals surface area (Å²) in [5.41, 5.74) is 0. The number of rotatable bonds is 3. The van der Waals surface area contributed by atoms with E-state index in [0.717, 1.165) is 0 Å². The summed E-state index contributed by atoms with van der Waals surface area (Å²) in [5, 5.41) is 16.4. The molecule has 0 saturated heterocycles. The van der Waals surface area contributed by atoms with Gasteiger partial charge in [0.05, 0.1) is 0 Å². The topological polar surface area (TPSA) is 57.5 Å². The molecule has 0 fully saturated rings. The maximum Gasteiger partial charge on any atom is 0.148 e. The summed E-state index contributed by atoms with van der Waals surface area (Å²) in [4.78, 5) is 9.53. The molecule has 0 saturated carbocycles. The third kappa shape index (κ3) is 3.42. The van der Waals surface area contributed by atoms with E-state index >= 15 is 0 Å². The average Bonchev–Trinajstić information content (AvgIpc) is 1.68. The molecule has 42 valence electrons. The van der Waals surface area contributed by atoms with E-state index in [1.807, 2.05) is 0 Å². The van der Waals surface area contributed by atoms with E-state index in [1.165, 1.54) is 0 Å². The van der Waals surface area contributed by atoms with Gasteiger partial charge in [0.15, 0.2) is 0 Å². The number of carbonyl (C=O) groups is 1. The summed E-state index contributed by atoms with van der Waals surface area (Å²) in [5.74, 6) is 0. The molecule has 2 N–H and O–H groups in total. The Labute approximate surface area is 41.6 Å². The van der Waals surface area contributed by atoms with Crippen molar-refractivity contribution >= 4 is 6.29 Å². The molecule has 0 spiro atoms. The fourth-order valence-electron chi connectivity index (χ4n) is 0.200. The Bertz CT molecular complexity index is 52.9. The lowest BCUT2D eigenvalue weighted by Gasteiger charge is -1.94. The molecular weight excluding hydrogens is 96.0 g/mol. The van der Waals surface area contributed by atoms with Crippen molar-refractivity contribution in [1.82, 2.24) is 0 Å². The quantitative estimate of drug-likeness (QED) is 0.448. The lowest BCUT2D eigenvalue weighted by molar-refractivity contribution is -0.115. The van der Waals surface area contributed by atoms with Gasteiger partial charge in [-0.2, -0.15) is 0 Å². The average molecular weight is 104 g/mol. The zero-order valence-electron chi connectivity index (χ0n) is 3.87. The Morgan fingerprint density at radius 3 is 2.43 bits per heavy atom. The molecule has 0 rings (SSSR count). The molecule has 0 radical (unpaired) electrons. The second-order valence-corrected chi connectivity index (χ2v) is 1.22. The number of carbonyl (C=O) groups excluding carboxylic acids is 1. The molecule has 3 heteroatoms. The van der Waals surface area contributed by atoms with Crippen LogP contribution in [-0.4, -0.2) is 29.2 Å². The van der Waals surface area contributed by atoms with Gasteiger partial charge in [-0.15, -0.1) is 0 Å². The number of hydrogen-bond donors (Lipinski definition) is 2. The fourth-order valence-corrected chi connectivity index (χ4v) is 0.200. The predicted octanol–water partition coefficient (Wildman–Crippen LogP) is -1.07. The first-order valence-electron chi connectivity index (χ1n) is 2.05. The number of aldehydes is 1. The van der Waals surface area contributed by atoms with Gasteiger partial charge in [-0.1, -0.05) is 0 Å². The van der Waals surface area contributed by atoms with Crippen LogP contribution in [0.4, 0.5) is 0 Å². The van der Waals surface area contributed by atoms with E-state index in [2.05, 4.69) is 0 Å². The Hall–Kier alpha value is -0.410. The Balaban J connectivity index is 2.98. The standard InChI is InChI=1S/C4H8O3/c5-2-1-4(7)3-6/h3-5,7H,1-2H2/t4-/m1/s1. The molecule has 0 aliphatic heterocycles. The van der Waals surface area contributed by atoms with Crippen molar-refractivity contribution in [2.75, 3.05) is 6.61 Å². The van der Waals surface area contributed by atoms with Gasteiger partial charge in [0.1, 0.15) is 12.4 Å². The van der Waals surface area contributed by atoms with Gasteiger partial charge in [-0.25, -0.2) is 0 Å². The van der Waals surface area contributed by atoms with Gasteiger partial charge in [0, 0.05) is 13.0 Å². The van der Waals surface area contributed by atoms with Crippen molar-refractivity contribution in [3.8, 4) is 0 Å². The van der Waals surface area contributed by atoms with Gasteiger partial charge in [0.2, 0.25) is 0 Å². The lowest BCUT2D eigenvalue weighted by atomic mass is 10.3. The summed E-state index contributed by atoms with van der Waals surface area (Å²) >= 11 is 0. The van der Waals surface area contributed by atoms with Crippen LogP contribution in [0.2, 0.25) is 0 Å². The molecule has 0 bridgehead atoms. The highest BCUT2D eigenvalue weighted by Gasteiger charge is 1.96. The van der Waals surface area contributed by atoms with Crippen LogP contribution in [0.1, 0.15) is 6.42 Å². The van der Waals surface area contributed by atoms with Crippen molar-refractivity contribution in [3.63, 3.8) is 0 Å². The first kappa shape index (κ1) is 6.59. The summed E-state index contributed by atoms with van der Waals surface area (Å²) in [6, 6.07) is 0. The Kier molecular flexibility index (Phi) is 3.55. The molecule has 0 aromatic heterocycles. The van der Waals surface area contributed by atoms with Crippen molar-refractivity contribution in [1.29, 1.82) is 0 Å². The van der Waals surface area contributed by atoms with Crippen molar-refractivity contribution in [2.45, 2.75) is 12.5 Å². The summed E-state index contributed by atoms with van der Waals surface area (Å²) in [6.45, 7) is -0.139. The summed E-state index contributed by atoms with van der Waals surface area (Å²) in [6.07, 6.45) is -0.440. The van der Waals surface area contributed by atoms with Gasteiger partial charge in [0.25, 0.3) is 0 Å². The molecule has 0 aromatic rings. The van der Waals surface area contributed by atoms with E-state index in [4.69, 9.17) is 10.2 Å². The maximum absolute atomic E-state index is 9.53. The summed E-state index contributed by atoms with van der Waals surface area (Å²) < 4.78 is 0. The zero-order chi connectivity index (χ0) is 5.70. The van der Waals surface area contributed by atoms with E-state index in [0.29, 0.717) is 6.29 Å². The van der Waals surface area contributed by atoms with Crippen LogP contribution in [0, 0.1) is 0 Å². The van der Waals surface area contributed by atoms with Crippen LogP contribution in [0.5, 0.6) is 0 Å². The first-order chi connectivity index (χ1) is 3.31. The number of hydrogen-bond acceptors (Lipinski definition) is 3. The van der Waals surface area contributed by atoms with Crippen molar-refractivity contribution < 1.29 is 15.0 Å². The van der Waals surface area contributed by atoms with Crippen molar-refractivity contribution in [2.24, 2.45) is 0 Å². The number of aliphatic hydroxyl groups is 2. The van der Waals surface area contributed by atoms with Crippen LogP contribution in [0.3, 0.4) is 0 Å². The lowest BCUT2D eigenvalue weighted by Crippen LogP contribution is -2.08. The minimum Gasteiger partial charge on any atom is -0.396 e. The Morgan fingerprint density at radius 1 is 1.71 bits per heavy atom. The highest BCUT2D eigenvalue weighted by molar-refractivity contribution is 5.55. The van der Waals surface area contributed by atoms with E-state index in [-0.39, 0.29) is 13.0 Å². The maximum atomic E-state index is 9.53. The van der Waals surface area contributed by atoms with Gasteiger partial charge < -0.3 is 15.0 Å². The largest absolute Gasteiger partial charge is 0.396 e. The molecule has 0 amide bonds. The summed E-state index contributed by atoms with van der Waals surface area (Å²) in [7, 11) is 0. The van der Waals surface area contributed by atoms with Crippen LogP contribution in [-0.2, 0) is 4.79 Å². The van der Waals surface area contributed by atoms with Crippen LogP contribution >= 0.6 is 0 Å². The van der Waals surface area contributed by atoms with E-state index < -0.39 is 6.10 Å². The van der Waals surface area contributed by atoms with Gasteiger partial charge >= 0.3 is 0 Å². The molecule has 3 nitrogen and oxygen atoms in total. The smallest absolute Gasteiger partial charge is 0.148 e. The molecule has 0 aromatic carbocycles. The van der Waals surface area contributed by atoms with Crippen molar-refractivity contribution in [3.05, 3.63) is 0 Å².